The molecule has 1 aliphatic heterocycles. The normalized spacial score (nSPS) is 17.0. The minimum Gasteiger partial charge on any atom is -0.466 e. The molecule has 1 atom stereocenters. The Bertz CT molecular complexity index is 543. The van der Waals surface area contributed by atoms with Crippen LogP contribution in [0.4, 0.5) is 0 Å². The van der Waals surface area contributed by atoms with Crippen molar-refractivity contribution in [1.82, 2.24) is 4.90 Å². The zero-order chi connectivity index (χ0) is 16.7. The predicted octanol–water partition coefficient (Wildman–Crippen LogP) is 2.91. The van der Waals surface area contributed by atoms with E-state index in [9.17, 15) is 9.59 Å². The van der Waals surface area contributed by atoms with Gasteiger partial charge >= 0.3 is 5.97 Å². The highest BCUT2D eigenvalue weighted by Gasteiger charge is 2.24. The fourth-order valence-corrected chi connectivity index (χ4v) is 2.76. The van der Waals surface area contributed by atoms with Gasteiger partial charge in [-0.2, -0.15) is 0 Å². The standard InChI is InChI=1S/C17H22ClNO4/c1-2-22-16(20)8-9-19(12-15-7-4-10-23-15)17(21)13-5-3-6-14(18)11-13/h3,5-6,11,15H,2,4,7-10,12H2,1H3. The third-order valence-electron chi connectivity index (χ3n) is 3.70. The minimum atomic E-state index is -0.302. The number of hydrogen-bond donors (Lipinski definition) is 0. The molecule has 23 heavy (non-hydrogen) atoms. The lowest BCUT2D eigenvalue weighted by molar-refractivity contribution is -0.143. The summed E-state index contributed by atoms with van der Waals surface area (Å²) >= 11 is 5.96. The molecule has 5 nitrogen and oxygen atoms in total. The van der Waals surface area contributed by atoms with Crippen molar-refractivity contribution in [2.45, 2.75) is 32.3 Å². The third kappa shape index (κ3) is 5.52. The highest BCUT2D eigenvalue weighted by molar-refractivity contribution is 6.30. The Morgan fingerprint density at radius 3 is 2.91 bits per heavy atom. The Kier molecular flexibility index (Phi) is 6.86. The zero-order valence-electron chi connectivity index (χ0n) is 13.3. The molecule has 1 aliphatic rings. The summed E-state index contributed by atoms with van der Waals surface area (Å²) in [5, 5.41) is 0.512. The lowest BCUT2D eigenvalue weighted by atomic mass is 10.1. The lowest BCUT2D eigenvalue weighted by Crippen LogP contribution is -2.39. The summed E-state index contributed by atoms with van der Waals surface area (Å²) in [7, 11) is 0. The van der Waals surface area contributed by atoms with Crippen LogP contribution < -0.4 is 0 Å². The van der Waals surface area contributed by atoms with Crippen molar-refractivity contribution < 1.29 is 19.1 Å². The fourth-order valence-electron chi connectivity index (χ4n) is 2.57. The molecule has 1 fully saturated rings. The van der Waals surface area contributed by atoms with Crippen LogP contribution in [0.2, 0.25) is 5.02 Å². The average Bonchev–Trinajstić information content (AvgIpc) is 3.04. The summed E-state index contributed by atoms with van der Waals surface area (Å²) in [5.41, 5.74) is 0.513. The van der Waals surface area contributed by atoms with Crippen molar-refractivity contribution in [3.8, 4) is 0 Å². The quantitative estimate of drug-likeness (QED) is 0.717. The van der Waals surface area contributed by atoms with Crippen LogP contribution in [0.3, 0.4) is 0 Å². The molecule has 1 saturated heterocycles. The smallest absolute Gasteiger partial charge is 0.307 e. The van der Waals surface area contributed by atoms with Gasteiger partial charge in [-0.15, -0.1) is 0 Å². The molecule has 6 heteroatoms. The van der Waals surface area contributed by atoms with E-state index in [1.807, 2.05) is 0 Å². The van der Waals surface area contributed by atoms with Gasteiger partial charge in [-0.25, -0.2) is 0 Å². The first-order valence-electron chi connectivity index (χ1n) is 7.92. The summed E-state index contributed by atoms with van der Waals surface area (Å²) in [6.45, 7) is 3.61. The van der Waals surface area contributed by atoms with Crippen LogP contribution in [0.1, 0.15) is 36.5 Å². The number of halogens is 1. The highest BCUT2D eigenvalue weighted by Crippen LogP contribution is 2.17. The van der Waals surface area contributed by atoms with E-state index in [-0.39, 0.29) is 24.4 Å². The van der Waals surface area contributed by atoms with Crippen LogP contribution in [0.5, 0.6) is 0 Å². The van der Waals surface area contributed by atoms with Gasteiger partial charge in [-0.3, -0.25) is 9.59 Å². The molecule has 2 rings (SSSR count). The van der Waals surface area contributed by atoms with Crippen molar-refractivity contribution in [2.24, 2.45) is 0 Å². The molecule has 1 aromatic rings. The maximum absolute atomic E-state index is 12.7. The van der Waals surface area contributed by atoms with Gasteiger partial charge in [0.1, 0.15) is 0 Å². The molecule has 0 radical (unpaired) electrons. The van der Waals surface area contributed by atoms with Gasteiger partial charge in [-0.05, 0) is 38.0 Å². The van der Waals surface area contributed by atoms with E-state index < -0.39 is 0 Å². The van der Waals surface area contributed by atoms with Gasteiger partial charge in [0.15, 0.2) is 0 Å². The van der Waals surface area contributed by atoms with Crippen LogP contribution >= 0.6 is 11.6 Å². The van der Waals surface area contributed by atoms with Gasteiger partial charge in [0.05, 0.1) is 19.1 Å². The van der Waals surface area contributed by atoms with E-state index >= 15 is 0 Å². The van der Waals surface area contributed by atoms with Crippen molar-refractivity contribution in [2.75, 3.05) is 26.3 Å². The van der Waals surface area contributed by atoms with E-state index in [4.69, 9.17) is 21.1 Å². The van der Waals surface area contributed by atoms with Crippen molar-refractivity contribution >= 4 is 23.5 Å². The molecule has 126 valence electrons. The first kappa shape index (κ1) is 17.8. The van der Waals surface area contributed by atoms with Crippen LogP contribution in [0.25, 0.3) is 0 Å². The Balaban J connectivity index is 2.04. The molecular formula is C17H22ClNO4. The number of benzene rings is 1. The molecule has 1 unspecified atom stereocenters. The number of esters is 1. The minimum absolute atomic E-state index is 0.0281. The maximum atomic E-state index is 12.7. The van der Waals surface area contributed by atoms with Crippen molar-refractivity contribution in [1.29, 1.82) is 0 Å². The van der Waals surface area contributed by atoms with Crippen molar-refractivity contribution in [3.63, 3.8) is 0 Å². The molecule has 0 saturated carbocycles. The van der Waals surface area contributed by atoms with E-state index in [0.29, 0.717) is 30.3 Å². The van der Waals surface area contributed by atoms with Gasteiger partial charge < -0.3 is 14.4 Å². The molecule has 0 spiro atoms. The Morgan fingerprint density at radius 1 is 1.43 bits per heavy atom. The first-order chi connectivity index (χ1) is 11.1. The molecule has 0 N–H and O–H groups in total. The molecule has 0 aromatic heterocycles. The highest BCUT2D eigenvalue weighted by atomic mass is 35.5. The number of hydrogen-bond acceptors (Lipinski definition) is 4. The molecule has 1 amide bonds. The predicted molar refractivity (Wildman–Crippen MR) is 87.6 cm³/mol. The second-order valence-electron chi connectivity index (χ2n) is 5.45. The molecular weight excluding hydrogens is 318 g/mol. The lowest BCUT2D eigenvalue weighted by Gasteiger charge is -2.25. The largest absolute Gasteiger partial charge is 0.466 e. The van der Waals surface area contributed by atoms with Gasteiger partial charge in [0, 0.05) is 30.3 Å². The summed E-state index contributed by atoms with van der Waals surface area (Å²) in [6, 6.07) is 6.82. The van der Waals surface area contributed by atoms with Crippen LogP contribution in [-0.2, 0) is 14.3 Å². The van der Waals surface area contributed by atoms with E-state index in [2.05, 4.69) is 0 Å². The molecule has 0 aliphatic carbocycles. The SMILES string of the molecule is CCOC(=O)CCN(CC1CCCO1)C(=O)c1cccc(Cl)c1. The summed E-state index contributed by atoms with van der Waals surface area (Å²) in [5.74, 6) is -0.448. The number of nitrogens with zero attached hydrogens (tertiary/aromatic N) is 1. The summed E-state index contributed by atoms with van der Waals surface area (Å²) in [4.78, 5) is 26.0. The number of ether oxygens (including phenoxy) is 2. The number of carbonyl (C=O) groups is 2. The summed E-state index contributed by atoms with van der Waals surface area (Å²) < 4.78 is 10.5. The molecule has 1 heterocycles. The average molecular weight is 340 g/mol. The maximum Gasteiger partial charge on any atom is 0.307 e. The van der Waals surface area contributed by atoms with E-state index in [1.54, 1.807) is 36.1 Å². The second-order valence-corrected chi connectivity index (χ2v) is 5.89. The van der Waals surface area contributed by atoms with Crippen molar-refractivity contribution in [3.05, 3.63) is 34.9 Å². The van der Waals surface area contributed by atoms with Crippen LogP contribution in [0.15, 0.2) is 24.3 Å². The molecule has 1 aromatic carbocycles. The van der Waals surface area contributed by atoms with E-state index in [0.717, 1.165) is 19.4 Å². The number of carbonyl (C=O) groups excluding carboxylic acids is 2. The topological polar surface area (TPSA) is 55.8 Å². The van der Waals surface area contributed by atoms with Gasteiger partial charge in [0.2, 0.25) is 0 Å². The monoisotopic (exact) mass is 339 g/mol. The molecule has 0 bridgehead atoms. The Hall–Kier alpha value is -1.59. The van der Waals surface area contributed by atoms with Gasteiger partial charge in [-0.1, -0.05) is 17.7 Å². The summed E-state index contributed by atoms with van der Waals surface area (Å²) in [6.07, 6.45) is 2.13. The Morgan fingerprint density at radius 2 is 2.26 bits per heavy atom. The first-order valence-corrected chi connectivity index (χ1v) is 8.30. The van der Waals surface area contributed by atoms with E-state index in [1.165, 1.54) is 0 Å². The van der Waals surface area contributed by atoms with Gasteiger partial charge in [0.25, 0.3) is 5.91 Å². The number of amides is 1. The fraction of sp³-hybridized carbons (Fsp3) is 0.529. The van der Waals surface area contributed by atoms with Crippen LogP contribution in [0, 0.1) is 0 Å². The third-order valence-corrected chi connectivity index (χ3v) is 3.93. The zero-order valence-corrected chi connectivity index (χ0v) is 14.1. The number of rotatable bonds is 7. The second kappa shape index (κ2) is 8.89. The van der Waals surface area contributed by atoms with Crippen LogP contribution in [-0.4, -0.2) is 49.2 Å². The Labute approximate surface area is 141 Å².